The molecule has 2 rings (SSSR count). The lowest BCUT2D eigenvalue weighted by Crippen LogP contribution is -2.13. The molecule has 1 aromatic carbocycles. The predicted molar refractivity (Wildman–Crippen MR) is 78.3 cm³/mol. The van der Waals surface area contributed by atoms with Crippen molar-refractivity contribution in [3.8, 4) is 0 Å². The highest BCUT2D eigenvalue weighted by Gasteiger charge is 2.07. The zero-order valence-corrected chi connectivity index (χ0v) is 11.8. The van der Waals surface area contributed by atoms with Crippen LogP contribution in [0.5, 0.6) is 0 Å². The highest BCUT2D eigenvalue weighted by molar-refractivity contribution is 7.07. The summed E-state index contributed by atoms with van der Waals surface area (Å²) in [7, 11) is 0. The minimum absolute atomic E-state index is 0.288. The molecule has 0 fully saturated rings. The van der Waals surface area contributed by atoms with Gasteiger partial charge in [-0.3, -0.25) is 0 Å². The summed E-state index contributed by atoms with van der Waals surface area (Å²) in [5.74, 6) is 0.565. The molecule has 0 aliphatic rings. The minimum Gasteiger partial charge on any atom is -0.392 e. The highest BCUT2D eigenvalue weighted by atomic mass is 32.1. The average molecular weight is 260 g/mol. The molecule has 1 nitrogen and oxygen atoms in total. The fraction of sp³-hybridized carbons (Fsp3) is 0.375. The summed E-state index contributed by atoms with van der Waals surface area (Å²) in [6.45, 7) is 4.39. The fourth-order valence-electron chi connectivity index (χ4n) is 2.06. The van der Waals surface area contributed by atoms with Crippen LogP contribution in [-0.4, -0.2) is 11.2 Å². The van der Waals surface area contributed by atoms with E-state index in [1.54, 1.807) is 11.3 Å². The monoisotopic (exact) mass is 260 g/mol. The summed E-state index contributed by atoms with van der Waals surface area (Å²) < 4.78 is 0. The summed E-state index contributed by atoms with van der Waals surface area (Å²) in [5.41, 5.74) is 3.79. The number of thiophene rings is 1. The van der Waals surface area contributed by atoms with Crippen LogP contribution in [0, 0.1) is 0 Å². The molecule has 0 bridgehead atoms. The summed E-state index contributed by atoms with van der Waals surface area (Å²) in [6, 6.07) is 10.7. The van der Waals surface area contributed by atoms with Crippen molar-refractivity contribution in [1.82, 2.24) is 0 Å². The van der Waals surface area contributed by atoms with Crippen LogP contribution in [0.3, 0.4) is 0 Å². The molecular formula is C16H20OS. The van der Waals surface area contributed by atoms with Crippen LogP contribution in [0.15, 0.2) is 41.1 Å². The van der Waals surface area contributed by atoms with Crippen molar-refractivity contribution in [3.63, 3.8) is 0 Å². The average Bonchev–Trinajstić information content (AvgIpc) is 2.82. The Bertz CT molecular complexity index is 456. The minimum atomic E-state index is -0.288. The van der Waals surface area contributed by atoms with E-state index < -0.39 is 0 Å². The molecule has 0 radical (unpaired) electrons. The second kappa shape index (κ2) is 6.17. The topological polar surface area (TPSA) is 20.2 Å². The summed E-state index contributed by atoms with van der Waals surface area (Å²) >= 11 is 1.68. The number of benzene rings is 1. The quantitative estimate of drug-likeness (QED) is 0.861. The molecule has 2 heteroatoms. The van der Waals surface area contributed by atoms with Gasteiger partial charge in [0.2, 0.25) is 0 Å². The number of aliphatic hydroxyl groups is 1. The van der Waals surface area contributed by atoms with E-state index in [2.05, 4.69) is 54.9 Å². The largest absolute Gasteiger partial charge is 0.392 e. The first-order valence-electron chi connectivity index (χ1n) is 6.43. The molecule has 1 N–H and O–H groups in total. The Morgan fingerprint density at radius 3 is 2.22 bits per heavy atom. The van der Waals surface area contributed by atoms with Gasteiger partial charge in [0, 0.05) is 0 Å². The van der Waals surface area contributed by atoms with E-state index in [1.807, 2.05) is 0 Å². The lowest BCUT2D eigenvalue weighted by molar-refractivity contribution is 0.175. The van der Waals surface area contributed by atoms with Crippen LogP contribution in [0.2, 0.25) is 0 Å². The SMILES string of the molecule is CC(C)c1ccc(CC(O)Cc2ccsc2)cc1. The number of aliphatic hydroxyl groups excluding tert-OH is 1. The van der Waals surface area contributed by atoms with E-state index in [1.165, 1.54) is 16.7 Å². The molecule has 1 heterocycles. The van der Waals surface area contributed by atoms with E-state index in [0.29, 0.717) is 5.92 Å². The van der Waals surface area contributed by atoms with Gasteiger partial charge in [-0.15, -0.1) is 0 Å². The molecular weight excluding hydrogens is 240 g/mol. The van der Waals surface area contributed by atoms with Gasteiger partial charge in [-0.2, -0.15) is 11.3 Å². The molecule has 0 spiro atoms. The fourth-order valence-corrected chi connectivity index (χ4v) is 2.75. The summed E-state index contributed by atoms with van der Waals surface area (Å²) in [4.78, 5) is 0. The van der Waals surface area contributed by atoms with Crippen LogP contribution < -0.4 is 0 Å². The van der Waals surface area contributed by atoms with Crippen LogP contribution in [0.25, 0.3) is 0 Å². The van der Waals surface area contributed by atoms with E-state index in [-0.39, 0.29) is 6.10 Å². The highest BCUT2D eigenvalue weighted by Crippen LogP contribution is 2.16. The molecule has 0 amide bonds. The first kappa shape index (κ1) is 13.3. The molecule has 96 valence electrons. The van der Waals surface area contributed by atoms with Gasteiger partial charge in [0.1, 0.15) is 0 Å². The molecule has 0 aliphatic carbocycles. The molecule has 1 aromatic heterocycles. The third kappa shape index (κ3) is 3.69. The summed E-state index contributed by atoms with van der Waals surface area (Å²) in [5, 5.41) is 14.2. The Labute approximate surface area is 113 Å². The lowest BCUT2D eigenvalue weighted by atomic mass is 9.98. The van der Waals surface area contributed by atoms with Crippen LogP contribution in [0.1, 0.15) is 36.5 Å². The van der Waals surface area contributed by atoms with Gasteiger partial charge in [0.05, 0.1) is 6.10 Å². The second-order valence-electron chi connectivity index (χ2n) is 5.09. The molecule has 2 aromatic rings. The first-order chi connectivity index (χ1) is 8.65. The van der Waals surface area contributed by atoms with E-state index >= 15 is 0 Å². The maximum atomic E-state index is 10.1. The maximum absolute atomic E-state index is 10.1. The molecule has 0 aliphatic heterocycles. The zero-order chi connectivity index (χ0) is 13.0. The predicted octanol–water partition coefficient (Wildman–Crippen LogP) is 4.02. The van der Waals surface area contributed by atoms with Gasteiger partial charge < -0.3 is 5.11 Å². The van der Waals surface area contributed by atoms with Crippen molar-refractivity contribution in [2.75, 3.05) is 0 Å². The Morgan fingerprint density at radius 1 is 1.00 bits per heavy atom. The van der Waals surface area contributed by atoms with Crippen LogP contribution in [-0.2, 0) is 12.8 Å². The molecule has 0 saturated heterocycles. The van der Waals surface area contributed by atoms with Gasteiger partial charge in [0.15, 0.2) is 0 Å². The molecule has 18 heavy (non-hydrogen) atoms. The van der Waals surface area contributed by atoms with Gasteiger partial charge in [0.25, 0.3) is 0 Å². The lowest BCUT2D eigenvalue weighted by Gasteiger charge is -2.11. The number of rotatable bonds is 5. The first-order valence-corrected chi connectivity index (χ1v) is 7.37. The Balaban J connectivity index is 1.92. The normalized spacial score (nSPS) is 12.9. The smallest absolute Gasteiger partial charge is 0.0621 e. The van der Waals surface area contributed by atoms with Gasteiger partial charge >= 0.3 is 0 Å². The Hall–Kier alpha value is -1.12. The number of hydrogen-bond acceptors (Lipinski definition) is 2. The van der Waals surface area contributed by atoms with Crippen molar-refractivity contribution in [1.29, 1.82) is 0 Å². The van der Waals surface area contributed by atoms with Crippen LogP contribution in [0.4, 0.5) is 0 Å². The van der Waals surface area contributed by atoms with E-state index in [4.69, 9.17) is 0 Å². The van der Waals surface area contributed by atoms with E-state index in [0.717, 1.165) is 12.8 Å². The standard InChI is InChI=1S/C16H20OS/c1-12(2)15-5-3-13(4-6-15)9-16(17)10-14-7-8-18-11-14/h3-8,11-12,16-17H,9-10H2,1-2H3. The van der Waals surface area contributed by atoms with Crippen LogP contribution >= 0.6 is 11.3 Å². The molecule has 1 atom stereocenters. The summed E-state index contributed by atoms with van der Waals surface area (Å²) in [6.07, 6.45) is 1.19. The van der Waals surface area contributed by atoms with Crippen molar-refractivity contribution in [3.05, 3.63) is 57.8 Å². The third-order valence-electron chi connectivity index (χ3n) is 3.17. The Morgan fingerprint density at radius 2 is 1.67 bits per heavy atom. The molecule has 1 unspecified atom stereocenters. The Kier molecular flexibility index (Phi) is 4.56. The number of hydrogen-bond donors (Lipinski definition) is 1. The maximum Gasteiger partial charge on any atom is 0.0621 e. The van der Waals surface area contributed by atoms with Crippen molar-refractivity contribution < 1.29 is 5.11 Å². The van der Waals surface area contributed by atoms with Gasteiger partial charge in [-0.1, -0.05) is 38.1 Å². The third-order valence-corrected chi connectivity index (χ3v) is 3.90. The van der Waals surface area contributed by atoms with Gasteiger partial charge in [-0.05, 0) is 52.3 Å². The molecule has 0 saturated carbocycles. The van der Waals surface area contributed by atoms with E-state index in [9.17, 15) is 5.11 Å². The van der Waals surface area contributed by atoms with Crippen molar-refractivity contribution >= 4 is 11.3 Å². The van der Waals surface area contributed by atoms with Gasteiger partial charge in [-0.25, -0.2) is 0 Å². The zero-order valence-electron chi connectivity index (χ0n) is 11.0. The van der Waals surface area contributed by atoms with Crippen molar-refractivity contribution in [2.24, 2.45) is 0 Å². The van der Waals surface area contributed by atoms with Crippen molar-refractivity contribution in [2.45, 2.75) is 38.7 Å². The second-order valence-corrected chi connectivity index (χ2v) is 5.87.